The van der Waals surface area contributed by atoms with Gasteiger partial charge in [0.2, 0.25) is 0 Å². The fourth-order valence-electron chi connectivity index (χ4n) is 2.73. The van der Waals surface area contributed by atoms with Crippen molar-refractivity contribution in [2.24, 2.45) is 5.92 Å². The van der Waals surface area contributed by atoms with E-state index in [9.17, 15) is 0 Å². The smallest absolute Gasteiger partial charge is 0.118 e. The van der Waals surface area contributed by atoms with Crippen LogP contribution in [0.5, 0.6) is 0 Å². The lowest BCUT2D eigenvalue weighted by molar-refractivity contribution is 0.249. The van der Waals surface area contributed by atoms with E-state index in [-0.39, 0.29) is 0 Å². The third-order valence-electron chi connectivity index (χ3n) is 3.93. The SMILES string of the molecule is CNCc1cc(CN2CCCC(C)CC2)oc1C. The van der Waals surface area contributed by atoms with Gasteiger partial charge in [-0.15, -0.1) is 0 Å². The molecule has 0 aromatic carbocycles. The monoisotopic (exact) mass is 250 g/mol. The molecule has 1 saturated heterocycles. The van der Waals surface area contributed by atoms with Crippen LogP contribution in [0, 0.1) is 12.8 Å². The Balaban J connectivity index is 1.94. The molecular formula is C15H26N2O. The molecule has 1 aliphatic heterocycles. The molecule has 1 unspecified atom stereocenters. The van der Waals surface area contributed by atoms with Crippen molar-refractivity contribution in [1.82, 2.24) is 10.2 Å². The number of furan rings is 1. The number of likely N-dealkylation sites (tertiary alicyclic amines) is 1. The number of nitrogens with one attached hydrogen (secondary N) is 1. The van der Waals surface area contributed by atoms with Crippen LogP contribution in [0.15, 0.2) is 10.5 Å². The van der Waals surface area contributed by atoms with Crippen molar-refractivity contribution in [3.63, 3.8) is 0 Å². The third-order valence-corrected chi connectivity index (χ3v) is 3.93. The average molecular weight is 250 g/mol. The minimum Gasteiger partial charge on any atom is -0.465 e. The summed E-state index contributed by atoms with van der Waals surface area (Å²) in [6.45, 7) is 8.71. The molecule has 3 heteroatoms. The van der Waals surface area contributed by atoms with Crippen molar-refractivity contribution < 1.29 is 4.42 Å². The van der Waals surface area contributed by atoms with Gasteiger partial charge in [0.25, 0.3) is 0 Å². The summed E-state index contributed by atoms with van der Waals surface area (Å²) < 4.78 is 5.86. The Labute approximate surface area is 111 Å². The standard InChI is InChI=1S/C15H26N2O/c1-12-5-4-7-17(8-6-12)11-15-9-14(10-16-3)13(2)18-15/h9,12,16H,4-8,10-11H2,1-3H3. The molecule has 0 radical (unpaired) electrons. The molecule has 0 saturated carbocycles. The molecule has 0 bridgehead atoms. The van der Waals surface area contributed by atoms with E-state index in [4.69, 9.17) is 4.42 Å². The molecule has 1 N–H and O–H groups in total. The summed E-state index contributed by atoms with van der Waals surface area (Å²) >= 11 is 0. The van der Waals surface area contributed by atoms with Crippen LogP contribution in [0.1, 0.15) is 43.3 Å². The molecule has 102 valence electrons. The Morgan fingerprint density at radius 3 is 3.00 bits per heavy atom. The molecule has 2 heterocycles. The zero-order valence-electron chi connectivity index (χ0n) is 12.0. The fraction of sp³-hybridized carbons (Fsp3) is 0.733. The van der Waals surface area contributed by atoms with Gasteiger partial charge in [0.1, 0.15) is 11.5 Å². The van der Waals surface area contributed by atoms with E-state index in [1.165, 1.54) is 37.9 Å². The van der Waals surface area contributed by atoms with E-state index < -0.39 is 0 Å². The van der Waals surface area contributed by atoms with Crippen molar-refractivity contribution in [1.29, 1.82) is 0 Å². The van der Waals surface area contributed by atoms with Crippen molar-refractivity contribution in [2.45, 2.75) is 46.2 Å². The molecule has 0 spiro atoms. The maximum absolute atomic E-state index is 5.86. The molecule has 1 fully saturated rings. The van der Waals surface area contributed by atoms with Gasteiger partial charge in [-0.05, 0) is 58.3 Å². The molecule has 18 heavy (non-hydrogen) atoms. The summed E-state index contributed by atoms with van der Waals surface area (Å²) in [7, 11) is 1.97. The van der Waals surface area contributed by atoms with Gasteiger partial charge in [-0.3, -0.25) is 4.90 Å². The third kappa shape index (κ3) is 3.59. The first kappa shape index (κ1) is 13.6. The maximum Gasteiger partial charge on any atom is 0.118 e. The zero-order valence-corrected chi connectivity index (χ0v) is 12.0. The molecule has 0 aliphatic carbocycles. The molecule has 1 aromatic heterocycles. The van der Waals surface area contributed by atoms with Gasteiger partial charge in [-0.25, -0.2) is 0 Å². The van der Waals surface area contributed by atoms with Crippen molar-refractivity contribution in [3.05, 3.63) is 23.2 Å². The Kier molecular flexibility index (Phi) is 4.84. The Bertz CT molecular complexity index is 373. The first-order valence-electron chi connectivity index (χ1n) is 7.14. The summed E-state index contributed by atoms with van der Waals surface area (Å²) in [6.07, 6.45) is 4.02. The minimum atomic E-state index is 0.883. The average Bonchev–Trinajstić information content (AvgIpc) is 2.54. The van der Waals surface area contributed by atoms with Crippen LogP contribution < -0.4 is 5.32 Å². The highest BCUT2D eigenvalue weighted by atomic mass is 16.3. The lowest BCUT2D eigenvalue weighted by Crippen LogP contribution is -2.23. The predicted octanol–water partition coefficient (Wildman–Crippen LogP) is 2.93. The van der Waals surface area contributed by atoms with Gasteiger partial charge in [0.15, 0.2) is 0 Å². The molecule has 1 aromatic rings. The number of nitrogens with zero attached hydrogens (tertiary/aromatic N) is 1. The first-order chi connectivity index (χ1) is 8.69. The number of rotatable bonds is 4. The molecule has 3 nitrogen and oxygen atoms in total. The lowest BCUT2D eigenvalue weighted by atomic mass is 10.0. The van der Waals surface area contributed by atoms with Gasteiger partial charge in [0.05, 0.1) is 6.54 Å². The highest BCUT2D eigenvalue weighted by Gasteiger charge is 2.16. The summed E-state index contributed by atoms with van der Waals surface area (Å²) in [4.78, 5) is 2.53. The van der Waals surface area contributed by atoms with E-state index in [2.05, 4.69) is 30.1 Å². The quantitative estimate of drug-likeness (QED) is 0.890. The van der Waals surface area contributed by atoms with Gasteiger partial charge in [-0.2, -0.15) is 0 Å². The first-order valence-corrected chi connectivity index (χ1v) is 7.14. The van der Waals surface area contributed by atoms with E-state index in [0.29, 0.717) is 0 Å². The second kappa shape index (κ2) is 6.39. The van der Waals surface area contributed by atoms with Crippen molar-refractivity contribution >= 4 is 0 Å². The van der Waals surface area contributed by atoms with Crippen molar-refractivity contribution in [2.75, 3.05) is 20.1 Å². The van der Waals surface area contributed by atoms with Gasteiger partial charge in [0, 0.05) is 12.1 Å². The van der Waals surface area contributed by atoms with E-state index in [0.717, 1.165) is 30.5 Å². The highest BCUT2D eigenvalue weighted by molar-refractivity contribution is 5.20. The summed E-state index contributed by atoms with van der Waals surface area (Å²) in [5.41, 5.74) is 1.29. The Hall–Kier alpha value is -0.800. The summed E-state index contributed by atoms with van der Waals surface area (Å²) in [5.74, 6) is 3.06. The Morgan fingerprint density at radius 2 is 2.22 bits per heavy atom. The van der Waals surface area contributed by atoms with Crippen LogP contribution in [0.4, 0.5) is 0 Å². The van der Waals surface area contributed by atoms with Gasteiger partial charge in [-0.1, -0.05) is 6.92 Å². The Morgan fingerprint density at radius 1 is 1.39 bits per heavy atom. The molecule has 2 rings (SSSR count). The van der Waals surface area contributed by atoms with Crippen LogP contribution in [-0.4, -0.2) is 25.0 Å². The van der Waals surface area contributed by atoms with Gasteiger partial charge < -0.3 is 9.73 Å². The van der Waals surface area contributed by atoms with Crippen LogP contribution in [0.2, 0.25) is 0 Å². The molecular weight excluding hydrogens is 224 g/mol. The van der Waals surface area contributed by atoms with Crippen LogP contribution >= 0.6 is 0 Å². The topological polar surface area (TPSA) is 28.4 Å². The highest BCUT2D eigenvalue weighted by Crippen LogP contribution is 2.20. The second-order valence-electron chi connectivity index (χ2n) is 5.64. The molecule has 1 aliphatic rings. The van der Waals surface area contributed by atoms with Crippen LogP contribution in [0.25, 0.3) is 0 Å². The van der Waals surface area contributed by atoms with Crippen LogP contribution in [-0.2, 0) is 13.1 Å². The summed E-state index contributed by atoms with van der Waals surface area (Å²) in [6, 6.07) is 2.21. The predicted molar refractivity (Wildman–Crippen MR) is 74.5 cm³/mol. The van der Waals surface area contributed by atoms with Crippen LogP contribution in [0.3, 0.4) is 0 Å². The minimum absolute atomic E-state index is 0.883. The van der Waals surface area contributed by atoms with E-state index >= 15 is 0 Å². The molecule has 0 amide bonds. The zero-order chi connectivity index (χ0) is 13.0. The lowest BCUT2D eigenvalue weighted by Gasteiger charge is -2.18. The van der Waals surface area contributed by atoms with Gasteiger partial charge >= 0.3 is 0 Å². The summed E-state index contributed by atoms with van der Waals surface area (Å²) in [5, 5.41) is 3.18. The number of hydrogen-bond donors (Lipinski definition) is 1. The maximum atomic E-state index is 5.86. The number of hydrogen-bond acceptors (Lipinski definition) is 3. The largest absolute Gasteiger partial charge is 0.465 e. The normalized spacial score (nSPS) is 22.1. The van der Waals surface area contributed by atoms with Crippen molar-refractivity contribution in [3.8, 4) is 0 Å². The van der Waals surface area contributed by atoms with E-state index in [1.807, 2.05) is 7.05 Å². The fourth-order valence-corrected chi connectivity index (χ4v) is 2.73. The van der Waals surface area contributed by atoms with E-state index in [1.54, 1.807) is 0 Å². The molecule has 1 atom stereocenters. The second-order valence-corrected chi connectivity index (χ2v) is 5.64. The number of aryl methyl sites for hydroxylation is 1.